The third-order valence-corrected chi connectivity index (χ3v) is 5.12. The first-order chi connectivity index (χ1) is 11.7. The number of para-hydroxylation sites is 1. The van der Waals surface area contributed by atoms with Crippen molar-refractivity contribution in [3.05, 3.63) is 71.4 Å². The molecule has 1 N–H and O–H groups in total. The van der Waals surface area contributed by atoms with Crippen LogP contribution >= 0.6 is 11.3 Å². The number of aliphatic hydroxyl groups excluding tert-OH is 1. The average molecular weight is 335 g/mol. The molecule has 0 saturated carbocycles. The number of rotatable bonds is 4. The van der Waals surface area contributed by atoms with E-state index in [-0.39, 0.29) is 0 Å². The molecule has 5 heteroatoms. The van der Waals surface area contributed by atoms with Crippen LogP contribution in [0.4, 0.5) is 0 Å². The molecule has 2 aromatic heterocycles. The van der Waals surface area contributed by atoms with Gasteiger partial charge in [0.05, 0.1) is 16.9 Å². The van der Waals surface area contributed by atoms with Crippen LogP contribution in [0, 0.1) is 0 Å². The van der Waals surface area contributed by atoms with Crippen LogP contribution in [0.25, 0.3) is 21.5 Å². The summed E-state index contributed by atoms with van der Waals surface area (Å²) in [7, 11) is 0. The van der Waals surface area contributed by atoms with E-state index in [1.807, 2.05) is 35.0 Å². The third-order valence-electron chi connectivity index (χ3n) is 3.95. The van der Waals surface area contributed by atoms with Crippen LogP contribution in [0.5, 0.6) is 0 Å². The van der Waals surface area contributed by atoms with Crippen molar-refractivity contribution in [3.8, 4) is 10.6 Å². The Balaban J connectivity index is 1.81. The Hall–Kier alpha value is -2.50. The Kier molecular flexibility index (Phi) is 3.88. The van der Waals surface area contributed by atoms with Crippen molar-refractivity contribution >= 4 is 22.2 Å². The summed E-state index contributed by atoms with van der Waals surface area (Å²) in [6, 6.07) is 18.5. The van der Waals surface area contributed by atoms with Crippen molar-refractivity contribution in [1.29, 1.82) is 0 Å². The summed E-state index contributed by atoms with van der Waals surface area (Å²) in [4.78, 5) is 5.29. The summed E-state index contributed by atoms with van der Waals surface area (Å²) in [5.41, 5.74) is 3.24. The maximum atomic E-state index is 9.72. The van der Waals surface area contributed by atoms with Gasteiger partial charge in [-0.15, -0.1) is 11.3 Å². The summed E-state index contributed by atoms with van der Waals surface area (Å²) >= 11 is 1.49. The number of nitrogens with zero attached hydrogens (tertiary/aromatic N) is 3. The highest BCUT2D eigenvalue weighted by molar-refractivity contribution is 7.15. The minimum Gasteiger partial charge on any atom is -0.386 e. The zero-order valence-corrected chi connectivity index (χ0v) is 14.1. The minimum absolute atomic E-state index is 0.554. The van der Waals surface area contributed by atoms with E-state index in [4.69, 9.17) is 5.10 Å². The smallest absolute Gasteiger partial charge is 0.122 e. The molecule has 0 saturated heterocycles. The first-order valence-electron chi connectivity index (χ1n) is 7.86. The summed E-state index contributed by atoms with van der Waals surface area (Å²) < 4.78 is 2.03. The Bertz CT molecular complexity index is 973. The molecule has 0 fully saturated rings. The van der Waals surface area contributed by atoms with Gasteiger partial charge in [-0.05, 0) is 18.6 Å². The molecule has 2 heterocycles. The van der Waals surface area contributed by atoms with Crippen LogP contribution in [0.2, 0.25) is 0 Å². The molecule has 0 spiro atoms. The molecule has 4 nitrogen and oxygen atoms in total. The van der Waals surface area contributed by atoms with Crippen LogP contribution < -0.4 is 0 Å². The van der Waals surface area contributed by atoms with E-state index in [1.165, 1.54) is 16.9 Å². The van der Waals surface area contributed by atoms with Crippen LogP contribution in [0.3, 0.4) is 0 Å². The van der Waals surface area contributed by atoms with Gasteiger partial charge in [-0.1, -0.05) is 48.5 Å². The van der Waals surface area contributed by atoms with E-state index in [1.54, 1.807) is 13.1 Å². The van der Waals surface area contributed by atoms with Gasteiger partial charge in [0.15, 0.2) is 0 Å². The maximum absolute atomic E-state index is 9.72. The second-order valence-electron chi connectivity index (χ2n) is 5.75. The molecule has 4 aromatic rings. The third kappa shape index (κ3) is 2.72. The van der Waals surface area contributed by atoms with Crippen molar-refractivity contribution < 1.29 is 5.11 Å². The SMILES string of the molecule is CC(O)c1ncc(-c2nn(Cc3ccccc3)c3ccccc23)s1. The fourth-order valence-electron chi connectivity index (χ4n) is 2.78. The van der Waals surface area contributed by atoms with Gasteiger partial charge >= 0.3 is 0 Å². The van der Waals surface area contributed by atoms with Crippen LogP contribution in [0.15, 0.2) is 60.8 Å². The van der Waals surface area contributed by atoms with E-state index in [0.29, 0.717) is 5.01 Å². The van der Waals surface area contributed by atoms with Crippen molar-refractivity contribution in [2.24, 2.45) is 0 Å². The maximum Gasteiger partial charge on any atom is 0.122 e. The van der Waals surface area contributed by atoms with Gasteiger partial charge in [-0.3, -0.25) is 4.68 Å². The number of aromatic nitrogens is 3. The van der Waals surface area contributed by atoms with Crippen LogP contribution in [-0.4, -0.2) is 19.9 Å². The monoisotopic (exact) mass is 335 g/mol. The molecule has 0 amide bonds. The summed E-state index contributed by atoms with van der Waals surface area (Å²) in [5.74, 6) is 0. The highest BCUT2D eigenvalue weighted by atomic mass is 32.1. The fraction of sp³-hybridized carbons (Fsp3) is 0.158. The molecule has 0 aliphatic heterocycles. The number of thiazole rings is 1. The van der Waals surface area contributed by atoms with Gasteiger partial charge in [-0.25, -0.2) is 4.98 Å². The molecule has 0 aliphatic rings. The molecule has 0 aliphatic carbocycles. The predicted octanol–water partition coefficient (Wildman–Crippen LogP) is 4.26. The van der Waals surface area contributed by atoms with E-state index < -0.39 is 6.10 Å². The molecule has 1 atom stereocenters. The van der Waals surface area contributed by atoms with E-state index in [0.717, 1.165) is 28.0 Å². The number of aliphatic hydroxyl groups is 1. The number of fused-ring (bicyclic) bond motifs is 1. The van der Waals surface area contributed by atoms with E-state index in [2.05, 4.69) is 29.2 Å². The number of hydrogen-bond acceptors (Lipinski definition) is 4. The molecule has 2 aromatic carbocycles. The second kappa shape index (κ2) is 6.19. The van der Waals surface area contributed by atoms with Crippen molar-refractivity contribution in [1.82, 2.24) is 14.8 Å². The molecular formula is C19H17N3OS. The largest absolute Gasteiger partial charge is 0.386 e. The quantitative estimate of drug-likeness (QED) is 0.606. The zero-order valence-electron chi connectivity index (χ0n) is 13.3. The Morgan fingerprint density at radius 3 is 2.58 bits per heavy atom. The lowest BCUT2D eigenvalue weighted by molar-refractivity contribution is 0.199. The van der Waals surface area contributed by atoms with E-state index in [9.17, 15) is 5.11 Å². The van der Waals surface area contributed by atoms with Crippen molar-refractivity contribution in [2.45, 2.75) is 19.6 Å². The summed E-state index contributed by atoms with van der Waals surface area (Å²) in [6.07, 6.45) is 1.25. The van der Waals surface area contributed by atoms with Crippen molar-refractivity contribution in [3.63, 3.8) is 0 Å². The zero-order chi connectivity index (χ0) is 16.5. The Morgan fingerprint density at radius 1 is 1.08 bits per heavy atom. The van der Waals surface area contributed by atoms with Gasteiger partial charge in [0, 0.05) is 11.6 Å². The van der Waals surface area contributed by atoms with Gasteiger partial charge in [0.25, 0.3) is 0 Å². The lowest BCUT2D eigenvalue weighted by atomic mass is 10.2. The molecular weight excluding hydrogens is 318 g/mol. The Labute approximate surface area is 144 Å². The van der Waals surface area contributed by atoms with Gasteiger partial charge in [0.1, 0.15) is 16.8 Å². The molecule has 4 rings (SSSR count). The topological polar surface area (TPSA) is 50.9 Å². The van der Waals surface area contributed by atoms with Gasteiger partial charge < -0.3 is 5.11 Å². The van der Waals surface area contributed by atoms with Crippen LogP contribution in [-0.2, 0) is 6.54 Å². The molecule has 120 valence electrons. The van der Waals surface area contributed by atoms with Crippen LogP contribution in [0.1, 0.15) is 23.6 Å². The highest BCUT2D eigenvalue weighted by Gasteiger charge is 2.16. The molecule has 0 bridgehead atoms. The number of hydrogen-bond donors (Lipinski definition) is 1. The molecule has 0 radical (unpaired) electrons. The summed E-state index contributed by atoms with van der Waals surface area (Å²) in [5, 5.41) is 16.4. The molecule has 1 unspecified atom stereocenters. The Morgan fingerprint density at radius 2 is 1.83 bits per heavy atom. The van der Waals surface area contributed by atoms with E-state index >= 15 is 0 Å². The number of benzene rings is 2. The highest BCUT2D eigenvalue weighted by Crippen LogP contribution is 2.33. The first kappa shape index (κ1) is 15.1. The first-order valence-corrected chi connectivity index (χ1v) is 8.67. The minimum atomic E-state index is -0.554. The average Bonchev–Trinajstić information content (AvgIpc) is 3.21. The lowest BCUT2D eigenvalue weighted by Gasteiger charge is -2.03. The normalized spacial score (nSPS) is 12.6. The fourth-order valence-corrected chi connectivity index (χ4v) is 3.63. The standard InChI is InChI=1S/C19H17N3OS/c1-13(23)19-20-11-17(24-19)18-15-9-5-6-10-16(15)22(21-18)12-14-7-3-2-4-8-14/h2-11,13,23H,12H2,1H3. The molecule has 24 heavy (non-hydrogen) atoms. The van der Waals surface area contributed by atoms with Gasteiger partial charge in [-0.2, -0.15) is 5.10 Å². The van der Waals surface area contributed by atoms with Gasteiger partial charge in [0.2, 0.25) is 0 Å². The second-order valence-corrected chi connectivity index (χ2v) is 6.81. The predicted molar refractivity (Wildman–Crippen MR) is 97.0 cm³/mol. The van der Waals surface area contributed by atoms with Crippen molar-refractivity contribution in [2.75, 3.05) is 0 Å². The summed E-state index contributed by atoms with van der Waals surface area (Å²) in [6.45, 7) is 2.46. The lowest BCUT2D eigenvalue weighted by Crippen LogP contribution is -2.01.